The number of hydrogen-bond acceptors (Lipinski definition) is 6. The Morgan fingerprint density at radius 1 is 1.21 bits per heavy atom. The van der Waals surface area contributed by atoms with Crippen LogP contribution in [0.3, 0.4) is 0 Å². The van der Waals surface area contributed by atoms with Crippen LogP contribution in [0.5, 0.6) is 0 Å². The number of carbonyl (C=O) groups is 2. The molecule has 1 unspecified atom stereocenters. The Morgan fingerprint density at radius 2 is 1.82 bits per heavy atom. The van der Waals surface area contributed by atoms with E-state index in [1.54, 1.807) is 27.7 Å². The quantitative estimate of drug-likeness (QED) is 0.797. The Labute approximate surface area is 166 Å². The van der Waals surface area contributed by atoms with E-state index in [0.29, 0.717) is 11.3 Å². The molecule has 7 nitrogen and oxygen atoms in total. The SMILES string of the molecule is CC1=C(C(=O)OCc2ccccc2)C(C(C)C)N(C(=O)OC(C)(C)C)C(N)=N1. The van der Waals surface area contributed by atoms with E-state index in [1.165, 1.54) is 4.90 Å². The van der Waals surface area contributed by atoms with Gasteiger partial charge in [-0.3, -0.25) is 0 Å². The molecular formula is C21H29N3O4. The number of amides is 1. The molecule has 28 heavy (non-hydrogen) atoms. The van der Waals surface area contributed by atoms with Crippen molar-refractivity contribution in [2.75, 3.05) is 0 Å². The molecule has 0 saturated heterocycles. The molecule has 0 bridgehead atoms. The van der Waals surface area contributed by atoms with Crippen molar-refractivity contribution in [1.29, 1.82) is 0 Å². The third-order valence-corrected chi connectivity index (χ3v) is 4.15. The molecule has 0 aromatic heterocycles. The molecule has 0 spiro atoms. The van der Waals surface area contributed by atoms with Crippen molar-refractivity contribution >= 4 is 18.0 Å². The molecule has 7 heteroatoms. The second-order valence-corrected chi connectivity index (χ2v) is 8.07. The Bertz CT molecular complexity index is 792. The highest BCUT2D eigenvalue weighted by molar-refractivity contribution is 6.00. The number of guanidine groups is 1. The number of nitrogens with two attached hydrogens (primary N) is 1. The van der Waals surface area contributed by atoms with E-state index in [2.05, 4.69) is 4.99 Å². The minimum absolute atomic E-state index is 0.00468. The van der Waals surface area contributed by atoms with Gasteiger partial charge in [0.1, 0.15) is 12.2 Å². The Morgan fingerprint density at radius 3 is 2.36 bits per heavy atom. The van der Waals surface area contributed by atoms with Crippen LogP contribution in [-0.2, 0) is 20.9 Å². The van der Waals surface area contributed by atoms with Gasteiger partial charge in [-0.1, -0.05) is 44.2 Å². The third-order valence-electron chi connectivity index (χ3n) is 4.15. The largest absolute Gasteiger partial charge is 0.457 e. The molecule has 1 heterocycles. The molecule has 1 aromatic carbocycles. The first-order chi connectivity index (χ1) is 13.0. The lowest BCUT2D eigenvalue weighted by atomic mass is 9.92. The van der Waals surface area contributed by atoms with Gasteiger partial charge >= 0.3 is 12.1 Å². The van der Waals surface area contributed by atoms with E-state index in [0.717, 1.165) is 5.56 Å². The average molecular weight is 387 g/mol. The summed E-state index contributed by atoms with van der Waals surface area (Å²) in [6.45, 7) is 10.9. The first-order valence-electron chi connectivity index (χ1n) is 9.29. The highest BCUT2D eigenvalue weighted by atomic mass is 16.6. The molecule has 1 aliphatic rings. The zero-order valence-corrected chi connectivity index (χ0v) is 17.4. The Balaban J connectivity index is 2.31. The van der Waals surface area contributed by atoms with Crippen molar-refractivity contribution < 1.29 is 19.1 Å². The van der Waals surface area contributed by atoms with Crippen molar-refractivity contribution in [2.24, 2.45) is 16.6 Å². The number of aliphatic imine (C=N–C) groups is 1. The monoisotopic (exact) mass is 387 g/mol. The number of hydrogen-bond donors (Lipinski definition) is 1. The fourth-order valence-electron chi connectivity index (χ4n) is 2.99. The summed E-state index contributed by atoms with van der Waals surface area (Å²) < 4.78 is 11.0. The summed E-state index contributed by atoms with van der Waals surface area (Å²) >= 11 is 0. The fraction of sp³-hybridized carbons (Fsp3) is 0.476. The summed E-state index contributed by atoms with van der Waals surface area (Å²) in [7, 11) is 0. The van der Waals surface area contributed by atoms with E-state index in [9.17, 15) is 9.59 Å². The summed E-state index contributed by atoms with van der Waals surface area (Å²) in [5.41, 5.74) is 6.95. The maximum atomic E-state index is 12.9. The molecule has 0 fully saturated rings. The second-order valence-electron chi connectivity index (χ2n) is 8.07. The lowest BCUT2D eigenvalue weighted by Gasteiger charge is -2.38. The van der Waals surface area contributed by atoms with Gasteiger partial charge in [-0.25, -0.2) is 19.5 Å². The van der Waals surface area contributed by atoms with Crippen LogP contribution >= 0.6 is 0 Å². The van der Waals surface area contributed by atoms with Crippen LogP contribution in [0, 0.1) is 5.92 Å². The number of rotatable bonds is 4. The molecule has 1 amide bonds. The molecule has 2 rings (SSSR count). The Kier molecular flexibility index (Phi) is 6.48. The summed E-state index contributed by atoms with van der Waals surface area (Å²) in [6.07, 6.45) is -0.645. The van der Waals surface area contributed by atoms with Gasteiger partial charge in [0.2, 0.25) is 5.96 Å². The zero-order valence-electron chi connectivity index (χ0n) is 17.4. The van der Waals surface area contributed by atoms with Crippen molar-refractivity contribution in [1.82, 2.24) is 4.90 Å². The predicted octanol–water partition coefficient (Wildman–Crippen LogP) is 3.59. The number of nitrogens with zero attached hydrogens (tertiary/aromatic N) is 2. The zero-order chi connectivity index (χ0) is 21.1. The molecule has 0 radical (unpaired) electrons. The van der Waals surface area contributed by atoms with Crippen LogP contribution in [0.1, 0.15) is 47.1 Å². The first kappa shape index (κ1) is 21.5. The molecule has 1 aromatic rings. The third kappa shape index (κ3) is 5.12. The van der Waals surface area contributed by atoms with Gasteiger partial charge in [0.25, 0.3) is 0 Å². The standard InChI is InChI=1S/C21H29N3O4/c1-13(2)17-16(18(25)27-12-15-10-8-7-9-11-15)14(3)23-19(22)24(17)20(26)28-21(4,5)6/h7-11,13,17H,12H2,1-6H3,(H2,22,23). The van der Waals surface area contributed by atoms with E-state index in [1.807, 2.05) is 44.2 Å². The van der Waals surface area contributed by atoms with Crippen LogP contribution in [0.4, 0.5) is 4.79 Å². The number of benzene rings is 1. The molecule has 0 aliphatic carbocycles. The summed E-state index contributed by atoms with van der Waals surface area (Å²) in [6, 6.07) is 8.76. The predicted molar refractivity (Wildman–Crippen MR) is 107 cm³/mol. The average Bonchev–Trinajstić information content (AvgIpc) is 2.58. The van der Waals surface area contributed by atoms with Crippen LogP contribution in [0.15, 0.2) is 46.6 Å². The first-order valence-corrected chi connectivity index (χ1v) is 9.29. The number of carbonyl (C=O) groups excluding carboxylic acids is 2. The minimum atomic E-state index is -0.705. The molecule has 152 valence electrons. The van der Waals surface area contributed by atoms with Crippen LogP contribution < -0.4 is 5.73 Å². The van der Waals surface area contributed by atoms with E-state index in [4.69, 9.17) is 15.2 Å². The van der Waals surface area contributed by atoms with E-state index >= 15 is 0 Å². The second kappa shape index (κ2) is 8.46. The molecule has 1 atom stereocenters. The highest BCUT2D eigenvalue weighted by Crippen LogP contribution is 2.29. The van der Waals surface area contributed by atoms with Crippen LogP contribution in [-0.4, -0.2) is 34.6 Å². The number of ether oxygens (including phenoxy) is 2. The number of allylic oxidation sites excluding steroid dienone is 1. The van der Waals surface area contributed by atoms with Gasteiger partial charge in [-0.05, 0) is 39.2 Å². The summed E-state index contributed by atoms with van der Waals surface area (Å²) in [4.78, 5) is 31.1. The molecule has 2 N–H and O–H groups in total. The van der Waals surface area contributed by atoms with Gasteiger partial charge < -0.3 is 15.2 Å². The van der Waals surface area contributed by atoms with Gasteiger partial charge in [-0.15, -0.1) is 0 Å². The van der Waals surface area contributed by atoms with Crippen molar-refractivity contribution in [3.8, 4) is 0 Å². The lowest BCUT2D eigenvalue weighted by Crippen LogP contribution is -2.55. The van der Waals surface area contributed by atoms with E-state index in [-0.39, 0.29) is 18.5 Å². The molecule has 1 aliphatic heterocycles. The molecular weight excluding hydrogens is 358 g/mol. The summed E-state index contributed by atoms with van der Waals surface area (Å²) in [5, 5.41) is 0. The van der Waals surface area contributed by atoms with Gasteiger partial charge in [0.15, 0.2) is 0 Å². The highest BCUT2D eigenvalue weighted by Gasteiger charge is 2.41. The molecule has 0 saturated carbocycles. The van der Waals surface area contributed by atoms with Crippen LogP contribution in [0.25, 0.3) is 0 Å². The Hall–Kier alpha value is -2.83. The van der Waals surface area contributed by atoms with Gasteiger partial charge in [-0.2, -0.15) is 0 Å². The maximum Gasteiger partial charge on any atom is 0.417 e. The fourth-order valence-corrected chi connectivity index (χ4v) is 2.99. The van der Waals surface area contributed by atoms with Gasteiger partial charge in [0.05, 0.1) is 17.3 Å². The van der Waals surface area contributed by atoms with Crippen molar-refractivity contribution in [2.45, 2.75) is 59.8 Å². The maximum absolute atomic E-state index is 12.9. The minimum Gasteiger partial charge on any atom is -0.457 e. The van der Waals surface area contributed by atoms with Crippen LogP contribution in [0.2, 0.25) is 0 Å². The normalized spacial score (nSPS) is 17.5. The smallest absolute Gasteiger partial charge is 0.417 e. The van der Waals surface area contributed by atoms with Crippen molar-refractivity contribution in [3.63, 3.8) is 0 Å². The number of esters is 1. The lowest BCUT2D eigenvalue weighted by molar-refractivity contribution is -0.141. The van der Waals surface area contributed by atoms with Gasteiger partial charge in [0, 0.05) is 0 Å². The summed E-state index contributed by atoms with van der Waals surface area (Å²) in [5.74, 6) is -0.634. The van der Waals surface area contributed by atoms with E-state index < -0.39 is 23.7 Å². The topological polar surface area (TPSA) is 94.2 Å². The van der Waals surface area contributed by atoms with Crippen molar-refractivity contribution in [3.05, 3.63) is 47.2 Å².